The normalized spacial score (nSPS) is 10.8. The Morgan fingerprint density at radius 2 is 1.82 bits per heavy atom. The summed E-state index contributed by atoms with van der Waals surface area (Å²) >= 11 is 0. The second-order valence-electron chi connectivity index (χ2n) is 9.85. The first kappa shape index (κ1) is 29.8. The molecule has 4 rings (SSSR count). The third-order valence-corrected chi connectivity index (χ3v) is 6.18. The average molecular weight is 564 g/mol. The van der Waals surface area contributed by atoms with Crippen molar-refractivity contribution in [3.05, 3.63) is 80.8 Å². The smallest absolute Gasteiger partial charge is 0.341 e. The maximum atomic E-state index is 13.5. The lowest BCUT2D eigenvalue weighted by molar-refractivity contribution is 0.0694. The van der Waals surface area contributed by atoms with E-state index in [1.807, 2.05) is 32.9 Å². The molecule has 40 heavy (non-hydrogen) atoms. The van der Waals surface area contributed by atoms with Gasteiger partial charge in [-0.15, -0.1) is 12.4 Å². The number of pyridine rings is 1. The van der Waals surface area contributed by atoms with E-state index >= 15 is 0 Å². The molecule has 0 spiro atoms. The highest BCUT2D eigenvalue weighted by atomic mass is 35.5. The molecule has 0 saturated carbocycles. The number of carboxylic acid groups (broad SMARTS) is 1. The number of hydrogen-bond donors (Lipinski definition) is 3. The number of para-hydroxylation sites is 1. The number of hydrogen-bond acceptors (Lipinski definition) is 8. The van der Waals surface area contributed by atoms with Gasteiger partial charge >= 0.3 is 5.97 Å². The largest absolute Gasteiger partial charge is 0.493 e. The Hall–Kier alpha value is -4.75. The van der Waals surface area contributed by atoms with Crippen molar-refractivity contribution in [1.82, 2.24) is 14.5 Å². The van der Waals surface area contributed by atoms with Crippen LogP contribution in [-0.4, -0.2) is 39.8 Å². The molecule has 2 aromatic heterocycles. The minimum atomic E-state index is -1.31. The highest BCUT2D eigenvalue weighted by Crippen LogP contribution is 2.31. The number of aromatic nitrogens is 3. The summed E-state index contributed by atoms with van der Waals surface area (Å²) in [5.41, 5.74) is 13.1. The molecule has 0 fully saturated rings. The maximum absolute atomic E-state index is 13.5. The Morgan fingerprint density at radius 3 is 2.42 bits per heavy atom. The summed E-state index contributed by atoms with van der Waals surface area (Å²) in [6, 6.07) is 8.93. The Kier molecular flexibility index (Phi) is 8.61. The summed E-state index contributed by atoms with van der Waals surface area (Å²) in [4.78, 5) is 33.6. The molecule has 2 aromatic carbocycles. The molecule has 0 saturated heterocycles. The molecule has 0 atom stereocenters. The van der Waals surface area contributed by atoms with Crippen LogP contribution < -0.4 is 26.4 Å². The van der Waals surface area contributed by atoms with E-state index in [2.05, 4.69) is 21.8 Å². The number of rotatable bonds is 5. The van der Waals surface area contributed by atoms with Crippen LogP contribution in [0.5, 0.6) is 11.5 Å². The zero-order valence-electron chi connectivity index (χ0n) is 22.7. The third-order valence-electron chi connectivity index (χ3n) is 6.18. The monoisotopic (exact) mass is 563 g/mol. The summed E-state index contributed by atoms with van der Waals surface area (Å²) in [6.07, 6.45) is 3.02. The molecular formula is C29H30ClN5O5. The summed E-state index contributed by atoms with van der Waals surface area (Å²) in [7, 11) is 3.09. The van der Waals surface area contributed by atoms with Crippen molar-refractivity contribution < 1.29 is 19.4 Å². The van der Waals surface area contributed by atoms with E-state index < -0.39 is 16.9 Å². The van der Waals surface area contributed by atoms with E-state index in [-0.39, 0.29) is 41.5 Å². The van der Waals surface area contributed by atoms with Gasteiger partial charge in [0.25, 0.3) is 0 Å². The van der Waals surface area contributed by atoms with Gasteiger partial charge in [-0.1, -0.05) is 17.9 Å². The van der Waals surface area contributed by atoms with Crippen LogP contribution >= 0.6 is 12.4 Å². The van der Waals surface area contributed by atoms with E-state index in [9.17, 15) is 14.7 Å². The zero-order chi connectivity index (χ0) is 28.5. The number of carbonyl (C=O) groups is 1. The first-order valence-corrected chi connectivity index (χ1v) is 12.0. The summed E-state index contributed by atoms with van der Waals surface area (Å²) in [6.45, 7) is 5.77. The van der Waals surface area contributed by atoms with Crippen LogP contribution in [0.25, 0.3) is 10.9 Å². The number of nitrogens with zero attached hydrogens (tertiary/aromatic N) is 3. The average Bonchev–Trinajstić information content (AvgIpc) is 2.87. The molecule has 2 heterocycles. The molecule has 0 bridgehead atoms. The molecule has 0 radical (unpaired) electrons. The van der Waals surface area contributed by atoms with Crippen molar-refractivity contribution in [2.45, 2.75) is 32.7 Å². The minimum Gasteiger partial charge on any atom is -0.493 e. The van der Waals surface area contributed by atoms with Crippen molar-refractivity contribution in [1.29, 1.82) is 0 Å². The molecule has 0 amide bonds. The van der Waals surface area contributed by atoms with Gasteiger partial charge in [-0.2, -0.15) is 4.98 Å². The highest BCUT2D eigenvalue weighted by Gasteiger charge is 2.23. The highest BCUT2D eigenvalue weighted by molar-refractivity contribution is 5.94. The number of anilines is 2. The van der Waals surface area contributed by atoms with Crippen molar-refractivity contribution >= 4 is 41.0 Å². The fourth-order valence-electron chi connectivity index (χ4n) is 4.35. The number of nitrogens with two attached hydrogens (primary N) is 2. The lowest BCUT2D eigenvalue weighted by Crippen LogP contribution is -2.28. The Balaban J connectivity index is 0.00000441. The van der Waals surface area contributed by atoms with Gasteiger partial charge in [-0.3, -0.25) is 4.79 Å². The molecule has 11 heteroatoms. The van der Waals surface area contributed by atoms with Crippen molar-refractivity contribution in [3.8, 4) is 23.3 Å². The van der Waals surface area contributed by atoms with Crippen LogP contribution in [0, 0.1) is 11.8 Å². The Labute approximate surface area is 237 Å². The van der Waals surface area contributed by atoms with Crippen molar-refractivity contribution in [2.24, 2.45) is 0 Å². The van der Waals surface area contributed by atoms with Gasteiger partial charge in [0.15, 0.2) is 11.5 Å². The predicted octanol–water partition coefficient (Wildman–Crippen LogP) is 3.84. The minimum absolute atomic E-state index is 0. The van der Waals surface area contributed by atoms with Crippen LogP contribution in [-0.2, 0) is 12.0 Å². The zero-order valence-corrected chi connectivity index (χ0v) is 23.5. The SMILES string of the molecule is COc1cccc(C#Cc2cc(Cc3cnc(N)nc3N)c3c(=O)c(C(=O)O)cn(C(C)(C)C)c3c2)c1OC.Cl. The third kappa shape index (κ3) is 5.80. The topological polar surface area (TPSA) is 156 Å². The number of fused-ring (bicyclic) bond motifs is 1. The van der Waals surface area contributed by atoms with Gasteiger partial charge in [-0.25, -0.2) is 9.78 Å². The Bertz CT molecular complexity index is 1730. The molecule has 4 aromatic rings. The fourth-order valence-corrected chi connectivity index (χ4v) is 4.35. The summed E-state index contributed by atoms with van der Waals surface area (Å²) < 4.78 is 12.7. The van der Waals surface area contributed by atoms with E-state index in [1.54, 1.807) is 29.9 Å². The van der Waals surface area contributed by atoms with Crippen molar-refractivity contribution in [2.75, 3.05) is 25.7 Å². The molecule has 10 nitrogen and oxygen atoms in total. The predicted molar refractivity (Wildman–Crippen MR) is 157 cm³/mol. The van der Waals surface area contributed by atoms with E-state index in [4.69, 9.17) is 20.9 Å². The van der Waals surface area contributed by atoms with Crippen LogP contribution in [0.3, 0.4) is 0 Å². The van der Waals surface area contributed by atoms with Gasteiger partial charge in [0.05, 0.1) is 30.7 Å². The molecular weight excluding hydrogens is 534 g/mol. The number of halogens is 1. The quantitative estimate of drug-likeness (QED) is 0.307. The molecule has 0 aliphatic rings. The van der Waals surface area contributed by atoms with Gasteiger partial charge < -0.3 is 30.6 Å². The molecule has 0 aliphatic heterocycles. The van der Waals surface area contributed by atoms with Gasteiger partial charge in [0.2, 0.25) is 11.4 Å². The molecule has 0 unspecified atom stereocenters. The van der Waals surface area contributed by atoms with E-state index in [0.29, 0.717) is 39.3 Å². The molecule has 5 N–H and O–H groups in total. The van der Waals surface area contributed by atoms with E-state index in [0.717, 1.165) is 0 Å². The number of aromatic carboxylic acids is 1. The van der Waals surface area contributed by atoms with Crippen LogP contribution in [0.1, 0.15) is 53.4 Å². The summed E-state index contributed by atoms with van der Waals surface area (Å²) in [5, 5.41) is 10.1. The van der Waals surface area contributed by atoms with Gasteiger partial charge in [-0.05, 0) is 50.6 Å². The van der Waals surface area contributed by atoms with Crippen LogP contribution in [0.15, 0.2) is 47.5 Å². The van der Waals surface area contributed by atoms with Gasteiger partial charge in [0, 0.05) is 35.5 Å². The number of benzene rings is 2. The standard InChI is InChI=1S/C29H29N5O5.ClH/c1-29(2,3)34-15-20(27(36)37)24(35)23-18(13-19-14-32-28(31)33-26(19)30)11-16(12-21(23)34)9-10-17-7-6-8-22(38-4)25(17)39-5;/h6-8,11-12,14-15H,13H2,1-5H3,(H,36,37)(H4,30,31,32,33);1H. The molecule has 208 valence electrons. The van der Waals surface area contributed by atoms with Crippen molar-refractivity contribution in [3.63, 3.8) is 0 Å². The lowest BCUT2D eigenvalue weighted by Gasteiger charge is -2.27. The van der Waals surface area contributed by atoms with Crippen LogP contribution in [0.4, 0.5) is 11.8 Å². The van der Waals surface area contributed by atoms with Crippen LogP contribution in [0.2, 0.25) is 0 Å². The second-order valence-corrected chi connectivity index (χ2v) is 9.85. The molecule has 0 aliphatic carbocycles. The number of nitrogen functional groups attached to an aromatic ring is 2. The first-order valence-electron chi connectivity index (χ1n) is 12.0. The second kappa shape index (κ2) is 11.6. The maximum Gasteiger partial charge on any atom is 0.341 e. The lowest BCUT2D eigenvalue weighted by atomic mass is 9.95. The fraction of sp³-hybridized carbons (Fsp3) is 0.241. The first-order chi connectivity index (χ1) is 18.4. The van der Waals surface area contributed by atoms with Gasteiger partial charge in [0.1, 0.15) is 11.4 Å². The van der Waals surface area contributed by atoms with E-state index in [1.165, 1.54) is 19.5 Å². The number of carboxylic acids is 1. The number of ether oxygens (including phenoxy) is 2. The summed E-state index contributed by atoms with van der Waals surface area (Å²) in [5.74, 6) is 6.22. The Morgan fingerprint density at radius 1 is 1.10 bits per heavy atom. The number of methoxy groups -OCH3 is 2.